The third kappa shape index (κ3) is 3.00. The molecule has 0 saturated heterocycles. The fraction of sp³-hybridized carbons (Fsp3) is 0.111. The standard InChI is InChI=1S/C18H16N6O2/c1-11-6-7-16(26-11)13-9-14(22-21-13)18(25)20-15-10-24(2)23-17(15)12-5-3-4-8-19-12/h3-10H,1-2H3,(H,20,25)(H,21,22). The van der Waals surface area contributed by atoms with Crippen molar-refractivity contribution in [3.8, 4) is 22.8 Å². The Morgan fingerprint density at radius 1 is 1.27 bits per heavy atom. The minimum Gasteiger partial charge on any atom is -0.460 e. The number of amides is 1. The molecule has 0 aliphatic heterocycles. The molecule has 0 radical (unpaired) electrons. The van der Waals surface area contributed by atoms with Gasteiger partial charge in [-0.1, -0.05) is 6.07 Å². The van der Waals surface area contributed by atoms with Crippen LogP contribution in [0.1, 0.15) is 16.2 Å². The van der Waals surface area contributed by atoms with Crippen molar-refractivity contribution in [2.24, 2.45) is 7.05 Å². The van der Waals surface area contributed by atoms with E-state index in [1.54, 1.807) is 30.2 Å². The molecule has 0 unspecified atom stereocenters. The lowest BCUT2D eigenvalue weighted by atomic mass is 10.2. The van der Waals surface area contributed by atoms with E-state index < -0.39 is 0 Å². The third-order valence-electron chi connectivity index (χ3n) is 3.80. The predicted molar refractivity (Wildman–Crippen MR) is 95.4 cm³/mol. The number of hydrogen-bond donors (Lipinski definition) is 2. The van der Waals surface area contributed by atoms with Crippen molar-refractivity contribution in [1.82, 2.24) is 25.0 Å². The van der Waals surface area contributed by atoms with Gasteiger partial charge in [0.1, 0.15) is 17.1 Å². The normalized spacial score (nSPS) is 10.8. The van der Waals surface area contributed by atoms with Crippen molar-refractivity contribution in [3.05, 3.63) is 60.2 Å². The molecule has 130 valence electrons. The highest BCUT2D eigenvalue weighted by Gasteiger charge is 2.17. The van der Waals surface area contributed by atoms with Crippen LogP contribution in [0.3, 0.4) is 0 Å². The fourth-order valence-corrected chi connectivity index (χ4v) is 2.60. The summed E-state index contributed by atoms with van der Waals surface area (Å²) in [7, 11) is 1.79. The maximum Gasteiger partial charge on any atom is 0.276 e. The zero-order valence-corrected chi connectivity index (χ0v) is 14.2. The molecular weight excluding hydrogens is 332 g/mol. The number of H-pyrrole nitrogens is 1. The Kier molecular flexibility index (Phi) is 3.85. The van der Waals surface area contributed by atoms with Gasteiger partial charge in [-0.3, -0.25) is 19.6 Å². The number of furan rings is 1. The summed E-state index contributed by atoms with van der Waals surface area (Å²) in [6.45, 7) is 1.86. The van der Waals surface area contributed by atoms with Gasteiger partial charge in [-0.2, -0.15) is 10.2 Å². The van der Waals surface area contributed by atoms with Crippen LogP contribution in [-0.4, -0.2) is 30.9 Å². The Morgan fingerprint density at radius 2 is 2.15 bits per heavy atom. The lowest BCUT2D eigenvalue weighted by molar-refractivity contribution is 0.102. The van der Waals surface area contributed by atoms with Gasteiger partial charge < -0.3 is 9.73 Å². The molecule has 4 rings (SSSR count). The highest BCUT2D eigenvalue weighted by Crippen LogP contribution is 2.25. The number of pyridine rings is 1. The highest BCUT2D eigenvalue weighted by molar-refractivity contribution is 6.05. The number of aromatic nitrogens is 5. The van der Waals surface area contributed by atoms with Gasteiger partial charge in [0, 0.05) is 25.5 Å². The van der Waals surface area contributed by atoms with E-state index in [0.29, 0.717) is 28.5 Å². The second kappa shape index (κ2) is 6.32. The van der Waals surface area contributed by atoms with Crippen LogP contribution >= 0.6 is 0 Å². The molecule has 4 aromatic rings. The molecule has 4 aromatic heterocycles. The molecule has 1 amide bonds. The van der Waals surface area contributed by atoms with Crippen LogP contribution in [0.5, 0.6) is 0 Å². The summed E-state index contributed by atoms with van der Waals surface area (Å²) >= 11 is 0. The molecule has 0 aromatic carbocycles. The van der Waals surface area contributed by atoms with Gasteiger partial charge in [-0.05, 0) is 31.2 Å². The molecule has 26 heavy (non-hydrogen) atoms. The summed E-state index contributed by atoms with van der Waals surface area (Å²) in [6, 6.07) is 10.9. The molecule has 8 nitrogen and oxygen atoms in total. The van der Waals surface area contributed by atoms with Crippen LogP contribution in [0, 0.1) is 6.92 Å². The molecule has 0 fully saturated rings. The van der Waals surface area contributed by atoms with Crippen molar-refractivity contribution in [3.63, 3.8) is 0 Å². The molecule has 0 bridgehead atoms. The number of nitrogens with one attached hydrogen (secondary N) is 2. The predicted octanol–water partition coefficient (Wildman–Crippen LogP) is 3.03. The molecule has 0 aliphatic rings. The second-order valence-electron chi connectivity index (χ2n) is 5.81. The maximum atomic E-state index is 12.6. The van der Waals surface area contributed by atoms with Crippen LogP contribution in [0.2, 0.25) is 0 Å². The number of aromatic amines is 1. The monoisotopic (exact) mass is 348 g/mol. The molecular formula is C18H16N6O2. The largest absolute Gasteiger partial charge is 0.460 e. The quantitative estimate of drug-likeness (QED) is 0.590. The molecule has 8 heteroatoms. The Morgan fingerprint density at radius 3 is 2.88 bits per heavy atom. The minimum atomic E-state index is -0.346. The second-order valence-corrected chi connectivity index (χ2v) is 5.81. The number of nitrogens with zero attached hydrogens (tertiary/aromatic N) is 4. The van der Waals surface area contributed by atoms with Crippen molar-refractivity contribution >= 4 is 11.6 Å². The van der Waals surface area contributed by atoms with Crippen LogP contribution in [-0.2, 0) is 7.05 Å². The Hall–Kier alpha value is -3.68. The van der Waals surface area contributed by atoms with Crippen molar-refractivity contribution in [1.29, 1.82) is 0 Å². The van der Waals surface area contributed by atoms with E-state index in [1.165, 1.54) is 0 Å². The highest BCUT2D eigenvalue weighted by atomic mass is 16.3. The van der Waals surface area contributed by atoms with Gasteiger partial charge in [0.15, 0.2) is 11.5 Å². The van der Waals surface area contributed by atoms with Gasteiger partial charge >= 0.3 is 0 Å². The van der Waals surface area contributed by atoms with Crippen LogP contribution in [0.15, 0.2) is 53.2 Å². The number of aryl methyl sites for hydroxylation is 2. The first kappa shape index (κ1) is 15.8. The van der Waals surface area contributed by atoms with Crippen LogP contribution in [0.25, 0.3) is 22.8 Å². The van der Waals surface area contributed by atoms with E-state index in [0.717, 1.165) is 5.76 Å². The molecule has 0 spiro atoms. The van der Waals surface area contributed by atoms with Gasteiger partial charge in [0.2, 0.25) is 0 Å². The zero-order chi connectivity index (χ0) is 18.1. The first-order valence-electron chi connectivity index (χ1n) is 7.99. The summed E-state index contributed by atoms with van der Waals surface area (Å²) in [4.78, 5) is 16.9. The molecule has 0 atom stereocenters. The van der Waals surface area contributed by atoms with E-state index in [9.17, 15) is 4.79 Å². The van der Waals surface area contributed by atoms with Crippen LogP contribution < -0.4 is 5.32 Å². The Labute approximate surface area is 148 Å². The minimum absolute atomic E-state index is 0.255. The average Bonchev–Trinajstić information content (AvgIpc) is 3.35. The van der Waals surface area contributed by atoms with E-state index >= 15 is 0 Å². The van der Waals surface area contributed by atoms with Gasteiger partial charge in [-0.25, -0.2) is 0 Å². The SMILES string of the molecule is Cc1ccc(-c2cc(C(=O)Nc3cn(C)nc3-c3ccccn3)n[nH]2)o1. The number of carbonyl (C=O) groups is 1. The van der Waals surface area contributed by atoms with Crippen molar-refractivity contribution in [2.75, 3.05) is 5.32 Å². The fourth-order valence-electron chi connectivity index (χ4n) is 2.60. The topological polar surface area (TPSA) is 102 Å². The first-order valence-corrected chi connectivity index (χ1v) is 7.99. The lowest BCUT2D eigenvalue weighted by Gasteiger charge is -2.02. The van der Waals surface area contributed by atoms with Crippen LogP contribution in [0.4, 0.5) is 5.69 Å². The lowest BCUT2D eigenvalue weighted by Crippen LogP contribution is -2.12. The van der Waals surface area contributed by atoms with Gasteiger partial charge in [0.05, 0.1) is 11.4 Å². The zero-order valence-electron chi connectivity index (χ0n) is 14.2. The summed E-state index contributed by atoms with van der Waals surface area (Å²) in [5, 5.41) is 14.1. The third-order valence-corrected chi connectivity index (χ3v) is 3.80. The summed E-state index contributed by atoms with van der Waals surface area (Å²) in [5.41, 5.74) is 2.73. The summed E-state index contributed by atoms with van der Waals surface area (Å²) < 4.78 is 7.16. The molecule has 2 N–H and O–H groups in total. The molecule has 0 aliphatic carbocycles. The number of anilines is 1. The first-order chi connectivity index (χ1) is 12.6. The summed E-state index contributed by atoms with van der Waals surface area (Å²) in [5.74, 6) is 1.07. The molecule has 0 saturated carbocycles. The molecule has 4 heterocycles. The smallest absolute Gasteiger partial charge is 0.276 e. The summed E-state index contributed by atoms with van der Waals surface area (Å²) in [6.07, 6.45) is 3.41. The van der Waals surface area contributed by atoms with Crippen molar-refractivity contribution in [2.45, 2.75) is 6.92 Å². The van der Waals surface area contributed by atoms with E-state index in [4.69, 9.17) is 4.42 Å². The Bertz CT molecular complexity index is 1060. The number of carbonyl (C=O) groups excluding carboxylic acids is 1. The number of rotatable bonds is 4. The van der Waals surface area contributed by atoms with Gasteiger partial charge in [0.25, 0.3) is 5.91 Å². The van der Waals surface area contributed by atoms with E-state index in [2.05, 4.69) is 25.6 Å². The van der Waals surface area contributed by atoms with Gasteiger partial charge in [-0.15, -0.1) is 0 Å². The van der Waals surface area contributed by atoms with E-state index in [-0.39, 0.29) is 11.6 Å². The Balaban J connectivity index is 1.59. The number of hydrogen-bond acceptors (Lipinski definition) is 5. The average molecular weight is 348 g/mol. The maximum absolute atomic E-state index is 12.6. The van der Waals surface area contributed by atoms with Crippen molar-refractivity contribution < 1.29 is 9.21 Å². The van der Waals surface area contributed by atoms with E-state index in [1.807, 2.05) is 37.3 Å².